The van der Waals surface area contributed by atoms with Crippen molar-refractivity contribution in [2.75, 3.05) is 17.2 Å². The fraction of sp³-hybridized carbons (Fsp3) is 0.580. The quantitative estimate of drug-likeness (QED) is 0.0426. The zero-order valence-electron chi connectivity index (χ0n) is 44.1. The lowest BCUT2D eigenvalue weighted by Crippen LogP contribution is -2.64. The molecule has 5 saturated heterocycles. The molecule has 32 heteroatoms. The number of hydrogen-bond acceptors (Lipinski definition) is 23. The summed E-state index contributed by atoms with van der Waals surface area (Å²) in [5, 5.41) is 51.1. The topological polar surface area (TPSA) is 429 Å². The molecule has 10 rings (SSSR count). The standard InChI is InChI=1S/C50H62F2N13O17/c1-3-5-22-20-65(49(76)60-41(22)70)33-11-8-26(79-33)38(68)50(37(52)34(43(82-50)63-17-14-30(55)58-47(63)74)35(66)24-6-10-32(77-24)64-19-21(4-2)40(69)59-48(64)75)39(36(67)25-7-9-31(78-25)61-15-12-28(53)56-45(61)72)81-44(71)27-18-23(51)42(80-27)62-16-13-29(54)57-46(62)73/h12-17,19-20,23-27,31-38,42-44,66-68,71H,3-11,18H2,1-2H3,(H2,53,56,72)(H2,54,57,73)(H2,55,58,74)(H,59,69,75)(H,60,70,76)/t23-,24+,25+,26+,27+,31-,32-,33-,34-,35?,36?,37+,38?,42-,43-,44?,50-/m1/s1. The van der Waals surface area contributed by atoms with Crippen LogP contribution in [0.2, 0.25) is 0 Å². The maximum absolute atomic E-state index is 19.5. The van der Waals surface area contributed by atoms with E-state index < -0.39 is 156 Å². The number of nitrogens with one attached hydrogen (secondary N) is 2. The molecular weight excluding hydrogens is 1090 g/mol. The molecule has 0 bridgehead atoms. The number of H-pyrrole nitrogens is 2. The van der Waals surface area contributed by atoms with Gasteiger partial charge in [0.25, 0.3) is 11.1 Å². The Hall–Kier alpha value is -7.14. The molecule has 0 aromatic carbocycles. The van der Waals surface area contributed by atoms with Crippen LogP contribution >= 0.6 is 0 Å². The minimum Gasteiger partial charge on any atom is -0.390 e. The van der Waals surface area contributed by atoms with E-state index in [0.717, 1.165) is 41.3 Å². The van der Waals surface area contributed by atoms with E-state index in [2.05, 4.69) is 24.9 Å². The van der Waals surface area contributed by atoms with Crippen LogP contribution in [0.25, 0.3) is 0 Å². The number of nitrogen functional groups attached to an aromatic ring is 3. The van der Waals surface area contributed by atoms with Crippen molar-refractivity contribution in [1.29, 1.82) is 0 Å². The summed E-state index contributed by atoms with van der Waals surface area (Å²) in [5.74, 6) is -2.75. The summed E-state index contributed by atoms with van der Waals surface area (Å²) in [5.41, 5.74) is 8.31. The number of alkyl halides is 2. The van der Waals surface area contributed by atoms with Crippen LogP contribution in [-0.2, 0) is 41.3 Å². The molecule has 0 spiro atoms. The molecule has 5 aliphatic heterocycles. The van der Waals surface area contributed by atoms with Crippen molar-refractivity contribution in [3.63, 3.8) is 0 Å². The Labute approximate surface area is 460 Å². The summed E-state index contributed by atoms with van der Waals surface area (Å²) in [7, 11) is 0. The third-order valence-corrected chi connectivity index (χ3v) is 15.7. The Morgan fingerprint density at radius 3 is 1.71 bits per heavy atom. The molecule has 5 aromatic heterocycles. The van der Waals surface area contributed by atoms with E-state index in [9.17, 15) is 54.0 Å². The molecule has 5 aromatic rings. The maximum Gasteiger partial charge on any atom is 0.351 e. The van der Waals surface area contributed by atoms with Gasteiger partial charge in [-0.1, -0.05) is 20.3 Å². The molecule has 0 amide bonds. The molecule has 0 aliphatic carbocycles. The molecule has 1 radical (unpaired) electrons. The number of nitrogens with zero attached hydrogens (tertiary/aromatic N) is 8. The summed E-state index contributed by atoms with van der Waals surface area (Å²) in [6, 6.07) is 3.62. The van der Waals surface area contributed by atoms with Gasteiger partial charge in [-0.25, -0.2) is 32.8 Å². The van der Waals surface area contributed by atoms with Crippen molar-refractivity contribution >= 4 is 17.5 Å². The first-order valence-electron chi connectivity index (χ1n) is 26.7. The lowest BCUT2D eigenvalue weighted by atomic mass is 9.74. The Morgan fingerprint density at radius 2 is 1.15 bits per heavy atom. The normalized spacial score (nSPS) is 30.7. The van der Waals surface area contributed by atoms with Crippen molar-refractivity contribution in [2.24, 2.45) is 5.92 Å². The van der Waals surface area contributed by atoms with Gasteiger partial charge in [0.2, 0.25) is 0 Å². The minimum atomic E-state index is -3.31. The van der Waals surface area contributed by atoms with Crippen molar-refractivity contribution in [3.8, 4) is 0 Å². The van der Waals surface area contributed by atoms with Crippen molar-refractivity contribution in [3.05, 3.63) is 140 Å². The van der Waals surface area contributed by atoms with Gasteiger partial charge >= 0.3 is 28.4 Å². The van der Waals surface area contributed by atoms with Gasteiger partial charge in [0.05, 0.1) is 30.3 Å². The lowest BCUT2D eigenvalue weighted by Gasteiger charge is -2.46. The van der Waals surface area contributed by atoms with Gasteiger partial charge in [-0.15, -0.1) is 0 Å². The van der Waals surface area contributed by atoms with Crippen LogP contribution in [0.4, 0.5) is 26.2 Å². The predicted octanol–water partition coefficient (Wildman–Crippen LogP) is -2.05. The number of aliphatic hydroxyl groups is 4. The fourth-order valence-electron chi connectivity index (χ4n) is 11.6. The van der Waals surface area contributed by atoms with Crippen LogP contribution in [0.3, 0.4) is 0 Å². The van der Waals surface area contributed by atoms with Crippen LogP contribution < -0.4 is 56.8 Å². The van der Waals surface area contributed by atoms with Crippen LogP contribution in [0.5, 0.6) is 0 Å². The van der Waals surface area contributed by atoms with Gasteiger partial charge in [-0.3, -0.25) is 42.4 Å². The predicted molar refractivity (Wildman–Crippen MR) is 277 cm³/mol. The smallest absolute Gasteiger partial charge is 0.351 e. The van der Waals surface area contributed by atoms with E-state index in [1.54, 1.807) is 13.8 Å². The van der Waals surface area contributed by atoms with E-state index in [4.69, 9.17) is 45.6 Å². The number of rotatable bonds is 18. The molecule has 5 aliphatic rings. The third-order valence-electron chi connectivity index (χ3n) is 15.7. The molecule has 12 N–H and O–H groups in total. The number of nitrogens with two attached hydrogens (primary N) is 3. The highest BCUT2D eigenvalue weighted by molar-refractivity contribution is 5.28. The third kappa shape index (κ3) is 10.8. The molecule has 17 atom stereocenters. The second kappa shape index (κ2) is 23.3. The van der Waals surface area contributed by atoms with E-state index in [-0.39, 0.29) is 79.9 Å². The molecule has 10 heterocycles. The summed E-state index contributed by atoms with van der Waals surface area (Å²) in [6.45, 7) is 3.49. The van der Waals surface area contributed by atoms with Gasteiger partial charge in [-0.05, 0) is 69.6 Å². The number of aromatic nitrogens is 10. The highest BCUT2D eigenvalue weighted by atomic mass is 19.1. The number of aryl methyl sites for hydroxylation is 2. The molecule has 0 saturated carbocycles. The minimum absolute atomic E-state index is 0.000740. The van der Waals surface area contributed by atoms with Gasteiger partial charge in [0.1, 0.15) is 73.0 Å². The monoisotopic (exact) mass is 1150 g/mol. The number of ether oxygens (including phenoxy) is 6. The number of aromatic amines is 2. The number of aliphatic hydroxyl groups excluding tert-OH is 4. The summed E-state index contributed by atoms with van der Waals surface area (Å²) in [6.07, 6.45) is -24.0. The highest BCUT2D eigenvalue weighted by Crippen LogP contribution is 2.56. The largest absolute Gasteiger partial charge is 0.390 e. The molecule has 82 heavy (non-hydrogen) atoms. The molecule has 5 fully saturated rings. The van der Waals surface area contributed by atoms with Crippen molar-refractivity contribution < 1.29 is 57.6 Å². The van der Waals surface area contributed by atoms with Gasteiger partial charge in [0, 0.05) is 48.5 Å². The second-order valence-corrected chi connectivity index (χ2v) is 20.8. The van der Waals surface area contributed by atoms with Crippen LogP contribution in [0.1, 0.15) is 107 Å². The first-order valence-corrected chi connectivity index (χ1v) is 26.7. The number of anilines is 3. The zero-order chi connectivity index (χ0) is 58.6. The van der Waals surface area contributed by atoms with Gasteiger partial charge < -0.3 is 66.0 Å². The summed E-state index contributed by atoms with van der Waals surface area (Å²) >= 11 is 0. The average molecular weight is 1160 g/mol. The molecule has 30 nitrogen and oxygen atoms in total. The van der Waals surface area contributed by atoms with Crippen LogP contribution in [0.15, 0.2) is 82.7 Å². The van der Waals surface area contributed by atoms with Crippen LogP contribution in [-0.4, -0.2) is 135 Å². The Bertz CT molecular complexity index is 3600. The maximum atomic E-state index is 19.5. The Morgan fingerprint density at radius 1 is 0.659 bits per heavy atom. The van der Waals surface area contributed by atoms with Crippen LogP contribution in [0, 0.1) is 12.0 Å². The van der Waals surface area contributed by atoms with Gasteiger partial charge in [-0.2, -0.15) is 15.0 Å². The van der Waals surface area contributed by atoms with Crippen molar-refractivity contribution in [2.45, 2.75) is 176 Å². The first-order chi connectivity index (χ1) is 39.1. The SMILES string of the molecule is CCCc1cn([C@H]2CC[C@@H](C(O)[C@]3([C](OC(O)[C@@H]4C[C@@H](F)[C@H](n5ccc(N)nc5=O)O4)C(O)[C@@H]4CC[C@H](n5ccc(N)nc5=O)O4)O[C@@H](n4ccc(N)nc4=O)[C@H](C(O)[C@@H]4CC[C@H](n5cc(CC)c(=O)[nH]c5=O)O4)[C@@H]3F)O2)c(=O)[nH]c1=O. The van der Waals surface area contributed by atoms with E-state index in [0.29, 0.717) is 6.42 Å². The molecule has 443 valence electrons. The van der Waals surface area contributed by atoms with E-state index in [1.165, 1.54) is 30.7 Å². The van der Waals surface area contributed by atoms with E-state index >= 15 is 8.78 Å². The molecule has 4 unspecified atom stereocenters. The average Bonchev–Trinajstić information content (AvgIpc) is 2.05. The number of halogens is 2. The summed E-state index contributed by atoms with van der Waals surface area (Å²) < 4.78 is 78.0. The second-order valence-electron chi connectivity index (χ2n) is 20.8. The zero-order valence-corrected chi connectivity index (χ0v) is 44.1. The number of hydrogen-bond donors (Lipinski definition) is 9. The molecular formula is C50H62F2N13O17. The first kappa shape index (κ1) is 58.1. The Balaban J connectivity index is 1.10. The Kier molecular flexibility index (Phi) is 16.5. The highest BCUT2D eigenvalue weighted by Gasteiger charge is 2.71. The fourth-order valence-corrected chi connectivity index (χ4v) is 11.6. The lowest BCUT2D eigenvalue weighted by molar-refractivity contribution is -0.265. The van der Waals surface area contributed by atoms with Gasteiger partial charge in [0.15, 0.2) is 24.2 Å². The summed E-state index contributed by atoms with van der Waals surface area (Å²) in [4.78, 5) is 108. The van der Waals surface area contributed by atoms with E-state index in [1.807, 2.05) is 0 Å². The van der Waals surface area contributed by atoms with Crippen molar-refractivity contribution in [1.82, 2.24) is 47.8 Å².